The highest BCUT2D eigenvalue weighted by molar-refractivity contribution is 9.10. The zero-order chi connectivity index (χ0) is 12.7. The first-order chi connectivity index (χ1) is 8.17. The molecule has 17 heavy (non-hydrogen) atoms. The van der Waals surface area contributed by atoms with E-state index in [0.29, 0.717) is 22.8 Å². The number of ketones is 1. The summed E-state index contributed by atoms with van der Waals surface area (Å²) in [5, 5.41) is 17.8. The largest absolute Gasteiger partial charge is 0.391 e. The smallest absolute Gasteiger partial charge is 0.211 e. The number of rotatable bonds is 7. The van der Waals surface area contributed by atoms with Crippen LogP contribution in [0.5, 0.6) is 0 Å². The van der Waals surface area contributed by atoms with Gasteiger partial charge in [0.05, 0.1) is 13.2 Å². The molecule has 1 aromatic rings. The molecular weight excluding hydrogens is 304 g/mol. The number of Topliss-reactive ketones (excluding diaryl/α,β-unsaturated/α-hetero) is 1. The van der Waals surface area contributed by atoms with Crippen LogP contribution in [0, 0.1) is 0 Å². The van der Waals surface area contributed by atoms with Crippen molar-refractivity contribution in [1.29, 1.82) is 0 Å². The molecule has 1 rings (SSSR count). The Balaban J connectivity index is 2.60. The van der Waals surface area contributed by atoms with Crippen LogP contribution in [0.2, 0.25) is 0 Å². The molecule has 0 saturated carbocycles. The Hall–Kier alpha value is -0.360. The minimum atomic E-state index is -0.222. The molecule has 0 aliphatic rings. The van der Waals surface area contributed by atoms with Gasteiger partial charge in [-0.3, -0.25) is 4.79 Å². The number of hydrogen-bond acceptors (Lipinski definition) is 3. The summed E-state index contributed by atoms with van der Waals surface area (Å²) in [5.41, 5.74) is 0.682. The van der Waals surface area contributed by atoms with Crippen molar-refractivity contribution in [3.05, 3.63) is 34.3 Å². The van der Waals surface area contributed by atoms with Gasteiger partial charge >= 0.3 is 0 Å². The molecule has 94 valence electrons. The van der Waals surface area contributed by atoms with Gasteiger partial charge in [0.2, 0.25) is 5.78 Å². The fraction of sp³-hybridized carbons (Fsp3) is 0.417. The normalized spacial score (nSPS) is 10.8. The zero-order valence-electron chi connectivity index (χ0n) is 9.43. The molecule has 0 saturated heterocycles. The van der Waals surface area contributed by atoms with Crippen molar-refractivity contribution in [3.8, 4) is 0 Å². The molecule has 0 spiro atoms. The number of benzene rings is 1. The standard InChI is InChI=1S/C12H16BrO3S/c13-11-3-1-10(2-4-11)12(16)9-17(7-5-14)8-6-15/h1-4,14-15H,5-9H2/q+1. The molecule has 0 amide bonds. The Labute approximate surface area is 112 Å². The number of carbonyl (C=O) groups excluding carboxylic acids is 1. The molecule has 0 fully saturated rings. The summed E-state index contributed by atoms with van der Waals surface area (Å²) in [7, 11) is -0.222. The van der Waals surface area contributed by atoms with Crippen molar-refractivity contribution < 1.29 is 15.0 Å². The Morgan fingerprint density at radius 2 is 1.65 bits per heavy atom. The maximum atomic E-state index is 11.9. The maximum absolute atomic E-state index is 11.9. The van der Waals surface area contributed by atoms with Gasteiger partial charge in [0.25, 0.3) is 0 Å². The lowest BCUT2D eigenvalue weighted by molar-refractivity contribution is 0.102. The van der Waals surface area contributed by atoms with Crippen LogP contribution in [0.1, 0.15) is 10.4 Å². The summed E-state index contributed by atoms with van der Waals surface area (Å²) in [5.74, 6) is 1.65. The molecule has 2 N–H and O–H groups in total. The van der Waals surface area contributed by atoms with Gasteiger partial charge in [0.15, 0.2) is 5.75 Å². The molecule has 0 heterocycles. The van der Waals surface area contributed by atoms with Gasteiger partial charge in [0.1, 0.15) is 11.5 Å². The van der Waals surface area contributed by atoms with E-state index < -0.39 is 0 Å². The summed E-state index contributed by atoms with van der Waals surface area (Å²) >= 11 is 3.32. The number of hydrogen-bond donors (Lipinski definition) is 2. The van der Waals surface area contributed by atoms with Crippen LogP contribution in [0.25, 0.3) is 0 Å². The molecule has 0 aliphatic heterocycles. The highest BCUT2D eigenvalue weighted by Gasteiger charge is 2.22. The van der Waals surface area contributed by atoms with Gasteiger partial charge in [0, 0.05) is 20.9 Å². The van der Waals surface area contributed by atoms with Crippen LogP contribution in [-0.4, -0.2) is 46.5 Å². The van der Waals surface area contributed by atoms with Crippen molar-refractivity contribution in [1.82, 2.24) is 0 Å². The van der Waals surface area contributed by atoms with Gasteiger partial charge in [-0.05, 0) is 12.1 Å². The highest BCUT2D eigenvalue weighted by Crippen LogP contribution is 2.12. The van der Waals surface area contributed by atoms with Crippen LogP contribution in [0.3, 0.4) is 0 Å². The summed E-state index contributed by atoms with van der Waals surface area (Å²) < 4.78 is 0.943. The lowest BCUT2D eigenvalue weighted by Crippen LogP contribution is -2.25. The number of carbonyl (C=O) groups is 1. The molecule has 0 aromatic heterocycles. The molecule has 3 nitrogen and oxygen atoms in total. The quantitative estimate of drug-likeness (QED) is 0.587. The monoisotopic (exact) mass is 319 g/mol. The van der Waals surface area contributed by atoms with Crippen LogP contribution >= 0.6 is 15.9 Å². The average Bonchev–Trinajstić information content (AvgIpc) is 2.30. The predicted molar refractivity (Wildman–Crippen MR) is 74.6 cm³/mol. The summed E-state index contributed by atoms with van der Waals surface area (Å²) in [6.45, 7) is 0.132. The molecule has 5 heteroatoms. The number of aliphatic hydroxyl groups is 2. The zero-order valence-corrected chi connectivity index (χ0v) is 11.8. The Kier molecular flexibility index (Phi) is 6.80. The van der Waals surface area contributed by atoms with E-state index in [2.05, 4.69) is 15.9 Å². The van der Waals surface area contributed by atoms with Crippen molar-refractivity contribution in [2.75, 3.05) is 30.5 Å². The molecular formula is C12H16BrO3S+. The lowest BCUT2D eigenvalue weighted by Gasteiger charge is -2.05. The Bertz CT molecular complexity index is 347. The maximum Gasteiger partial charge on any atom is 0.211 e. The third-order valence-electron chi connectivity index (χ3n) is 2.26. The van der Waals surface area contributed by atoms with Crippen LogP contribution in [0.15, 0.2) is 28.7 Å². The summed E-state index contributed by atoms with van der Waals surface area (Å²) in [6.07, 6.45) is 0. The van der Waals surface area contributed by atoms with Gasteiger partial charge in [-0.15, -0.1) is 0 Å². The minimum Gasteiger partial charge on any atom is -0.391 e. The van der Waals surface area contributed by atoms with Gasteiger partial charge in [-0.1, -0.05) is 28.1 Å². The van der Waals surface area contributed by atoms with Crippen molar-refractivity contribution in [2.45, 2.75) is 0 Å². The van der Waals surface area contributed by atoms with Gasteiger partial charge in [-0.2, -0.15) is 0 Å². The first-order valence-electron chi connectivity index (χ1n) is 5.32. The van der Waals surface area contributed by atoms with Crippen LogP contribution in [0.4, 0.5) is 0 Å². The summed E-state index contributed by atoms with van der Waals surface area (Å²) in [6, 6.07) is 7.24. The van der Waals surface area contributed by atoms with Crippen LogP contribution < -0.4 is 0 Å². The van der Waals surface area contributed by atoms with E-state index in [4.69, 9.17) is 10.2 Å². The van der Waals surface area contributed by atoms with E-state index in [-0.39, 0.29) is 29.9 Å². The van der Waals surface area contributed by atoms with E-state index in [9.17, 15) is 4.79 Å². The van der Waals surface area contributed by atoms with Crippen molar-refractivity contribution in [2.24, 2.45) is 0 Å². The van der Waals surface area contributed by atoms with Gasteiger partial charge in [-0.25, -0.2) is 0 Å². The van der Waals surface area contributed by atoms with Gasteiger partial charge < -0.3 is 10.2 Å². The van der Waals surface area contributed by atoms with E-state index in [1.807, 2.05) is 12.1 Å². The second-order valence-electron chi connectivity index (χ2n) is 3.54. The highest BCUT2D eigenvalue weighted by atomic mass is 79.9. The van der Waals surface area contributed by atoms with Crippen LogP contribution in [-0.2, 0) is 10.9 Å². The van der Waals surface area contributed by atoms with E-state index in [1.165, 1.54) is 0 Å². The molecule has 1 aromatic carbocycles. The molecule has 0 atom stereocenters. The number of aliphatic hydroxyl groups excluding tert-OH is 2. The first-order valence-corrected chi connectivity index (χ1v) is 7.84. The SMILES string of the molecule is O=C(C[S+](CCO)CCO)c1ccc(Br)cc1. The van der Waals surface area contributed by atoms with Crippen molar-refractivity contribution >= 4 is 32.6 Å². The fourth-order valence-corrected chi connectivity index (χ4v) is 3.22. The second-order valence-corrected chi connectivity index (χ2v) is 6.79. The van der Waals surface area contributed by atoms with E-state index in [0.717, 1.165) is 4.47 Å². The predicted octanol–water partition coefficient (Wildman–Crippen LogP) is 1.23. The lowest BCUT2D eigenvalue weighted by atomic mass is 10.2. The molecule has 0 unspecified atom stereocenters. The third kappa shape index (κ3) is 5.21. The molecule has 0 radical (unpaired) electrons. The number of halogens is 1. The Morgan fingerprint density at radius 3 is 2.12 bits per heavy atom. The Morgan fingerprint density at radius 1 is 1.12 bits per heavy atom. The topological polar surface area (TPSA) is 57.5 Å². The fourth-order valence-electron chi connectivity index (χ4n) is 1.41. The second kappa shape index (κ2) is 7.87. The average molecular weight is 320 g/mol. The minimum absolute atomic E-state index is 0.0662. The summed E-state index contributed by atoms with van der Waals surface area (Å²) in [4.78, 5) is 11.9. The molecule has 0 bridgehead atoms. The first kappa shape index (κ1) is 14.7. The van der Waals surface area contributed by atoms with E-state index in [1.54, 1.807) is 12.1 Å². The van der Waals surface area contributed by atoms with Crippen molar-refractivity contribution in [3.63, 3.8) is 0 Å². The molecule has 0 aliphatic carbocycles. The third-order valence-corrected chi connectivity index (χ3v) is 4.98. The van der Waals surface area contributed by atoms with E-state index >= 15 is 0 Å².